The second kappa shape index (κ2) is 4.38. The lowest BCUT2D eigenvalue weighted by Gasteiger charge is -2.53. The summed E-state index contributed by atoms with van der Waals surface area (Å²) in [6, 6.07) is 0. The van der Waals surface area contributed by atoms with Gasteiger partial charge in [-0.2, -0.15) is 65.5 Å². The number of halogens is 14. The third kappa shape index (κ3) is 1.66. The lowest BCUT2D eigenvalue weighted by atomic mass is 9.73. The highest BCUT2D eigenvalue weighted by Gasteiger charge is 3.08. The molecule has 0 bridgehead atoms. The van der Waals surface area contributed by atoms with Crippen molar-refractivity contribution in [2.45, 2.75) is 40.5 Å². The van der Waals surface area contributed by atoms with Crippen LogP contribution in [0.3, 0.4) is 0 Å². The molecule has 1 fully saturated rings. The average molecular weight is 414 g/mol. The summed E-state index contributed by atoms with van der Waals surface area (Å²) >= 11 is 0. The highest BCUT2D eigenvalue weighted by Crippen LogP contribution is 2.73. The maximum absolute atomic E-state index is 13.2. The van der Waals surface area contributed by atoms with Gasteiger partial charge in [0.25, 0.3) is 0 Å². The van der Waals surface area contributed by atoms with Crippen LogP contribution >= 0.6 is 0 Å². The Labute approximate surface area is 121 Å². The van der Waals surface area contributed by atoms with Crippen molar-refractivity contribution in [3.05, 3.63) is 0 Å². The van der Waals surface area contributed by atoms with Crippen LogP contribution in [0.4, 0.5) is 61.0 Å². The van der Waals surface area contributed by atoms with Crippen LogP contribution in [0, 0.1) is 0 Å². The molecule has 0 spiro atoms. The minimum Gasteiger partial charge on any atom is -0.197 e. The van der Waals surface area contributed by atoms with Crippen molar-refractivity contribution in [2.24, 2.45) is 0 Å². The summed E-state index contributed by atoms with van der Waals surface area (Å²) in [7, 11) is -8.77. The fraction of sp³-hybridized carbons (Fsp3) is 1.00. The SMILES string of the molecule is O=S(=O)(F)C1(C(F)(F)F)C(F)(F)C(F)(F)C(F)(F)C(F)(F)C1(F)F. The van der Waals surface area contributed by atoms with E-state index in [0.717, 1.165) is 0 Å². The smallest absolute Gasteiger partial charge is 0.197 e. The van der Waals surface area contributed by atoms with Gasteiger partial charge in [0.15, 0.2) is 0 Å². The summed E-state index contributed by atoms with van der Waals surface area (Å²) in [4.78, 5) is 0. The largest absolute Gasteiger partial charge is 0.423 e. The molecule has 0 aliphatic heterocycles. The molecular weight excluding hydrogens is 414 g/mol. The first kappa shape index (κ1) is 21.0. The maximum Gasteiger partial charge on any atom is 0.423 e. The number of rotatable bonds is 1. The van der Waals surface area contributed by atoms with Gasteiger partial charge in [0.1, 0.15) is 0 Å². The number of hydrogen-bond acceptors (Lipinski definition) is 2. The summed E-state index contributed by atoms with van der Waals surface area (Å²) in [5.41, 5.74) is 0. The van der Waals surface area contributed by atoms with Crippen molar-refractivity contribution in [3.63, 3.8) is 0 Å². The predicted molar refractivity (Wildman–Crippen MR) is 43.5 cm³/mol. The van der Waals surface area contributed by atoms with E-state index in [1.165, 1.54) is 0 Å². The van der Waals surface area contributed by atoms with Gasteiger partial charge in [-0.25, -0.2) is 0 Å². The maximum atomic E-state index is 13.2. The van der Waals surface area contributed by atoms with Gasteiger partial charge in [-0.1, -0.05) is 0 Å². The fourth-order valence-electron chi connectivity index (χ4n) is 2.03. The van der Waals surface area contributed by atoms with Gasteiger partial charge in [0.2, 0.25) is 0 Å². The van der Waals surface area contributed by atoms with E-state index in [1.807, 2.05) is 0 Å². The van der Waals surface area contributed by atoms with Crippen LogP contribution in [0.5, 0.6) is 0 Å². The second-order valence-corrected chi connectivity index (χ2v) is 5.98. The predicted octanol–water partition coefficient (Wildman–Crippen LogP) is 3.78. The van der Waals surface area contributed by atoms with Gasteiger partial charge in [0.05, 0.1) is 0 Å². The van der Waals surface area contributed by atoms with E-state index >= 15 is 0 Å². The molecule has 0 amide bonds. The summed E-state index contributed by atoms with van der Waals surface area (Å²) in [5, 5.41) is 0. The minimum absolute atomic E-state index is 7.87. The highest BCUT2D eigenvalue weighted by molar-refractivity contribution is 7.88. The van der Waals surface area contributed by atoms with Crippen LogP contribution in [0.1, 0.15) is 0 Å². The summed E-state index contributed by atoms with van der Waals surface area (Å²) in [6.45, 7) is 0. The number of alkyl halides is 13. The topological polar surface area (TPSA) is 34.1 Å². The van der Waals surface area contributed by atoms with Crippen molar-refractivity contribution < 1.29 is 69.4 Å². The Kier molecular flexibility index (Phi) is 3.83. The quantitative estimate of drug-likeness (QED) is 0.484. The molecule has 1 saturated carbocycles. The molecule has 2 nitrogen and oxygen atoms in total. The van der Waals surface area contributed by atoms with Crippen LogP contribution < -0.4 is 0 Å². The Morgan fingerprint density at radius 1 is 0.542 bits per heavy atom. The molecule has 0 radical (unpaired) electrons. The lowest BCUT2D eigenvalue weighted by molar-refractivity contribution is -0.478. The minimum atomic E-state index is -8.77. The van der Waals surface area contributed by atoms with E-state index in [4.69, 9.17) is 0 Å². The van der Waals surface area contributed by atoms with E-state index in [1.54, 1.807) is 0 Å². The summed E-state index contributed by atoms with van der Waals surface area (Å²) < 4.78 is 193. The molecule has 24 heavy (non-hydrogen) atoms. The van der Waals surface area contributed by atoms with Crippen LogP contribution in [0.25, 0.3) is 0 Å². The third-order valence-corrected chi connectivity index (χ3v) is 4.70. The van der Waals surface area contributed by atoms with Crippen LogP contribution in [0.2, 0.25) is 0 Å². The summed E-state index contributed by atoms with van der Waals surface area (Å²) in [5.74, 6) is -40.4. The van der Waals surface area contributed by atoms with Gasteiger partial charge in [-0.3, -0.25) is 0 Å². The highest BCUT2D eigenvalue weighted by atomic mass is 32.3. The number of hydrogen-bond donors (Lipinski definition) is 0. The van der Waals surface area contributed by atoms with Gasteiger partial charge in [-0.15, -0.1) is 3.89 Å². The lowest BCUT2D eigenvalue weighted by Crippen LogP contribution is -2.89. The summed E-state index contributed by atoms with van der Waals surface area (Å²) in [6.07, 6.45) is -8.06. The Morgan fingerprint density at radius 3 is 0.917 bits per heavy atom. The van der Waals surface area contributed by atoms with Crippen molar-refractivity contribution >= 4 is 10.2 Å². The van der Waals surface area contributed by atoms with Gasteiger partial charge < -0.3 is 0 Å². The molecule has 1 rings (SSSR count). The molecule has 0 atom stereocenters. The van der Waals surface area contributed by atoms with Crippen LogP contribution in [0.15, 0.2) is 0 Å². The van der Waals surface area contributed by atoms with Crippen LogP contribution in [-0.4, -0.2) is 49.0 Å². The fourth-order valence-corrected chi connectivity index (χ4v) is 3.18. The first-order valence-corrected chi connectivity index (χ1v) is 6.28. The van der Waals surface area contributed by atoms with E-state index in [0.29, 0.717) is 0 Å². The molecule has 0 N–H and O–H groups in total. The normalized spacial score (nSPS) is 29.9. The molecule has 0 aromatic carbocycles. The zero-order chi connectivity index (χ0) is 20.0. The Bertz CT molecular complexity index is 613. The monoisotopic (exact) mass is 414 g/mol. The van der Waals surface area contributed by atoms with E-state index < -0.39 is 50.8 Å². The van der Waals surface area contributed by atoms with Crippen molar-refractivity contribution in [1.29, 1.82) is 0 Å². The van der Waals surface area contributed by atoms with E-state index in [9.17, 15) is 69.4 Å². The molecule has 1 aliphatic rings. The Hall–Kier alpha value is -1.03. The van der Waals surface area contributed by atoms with Gasteiger partial charge in [-0.05, 0) is 0 Å². The van der Waals surface area contributed by atoms with Crippen molar-refractivity contribution in [2.75, 3.05) is 0 Å². The first-order chi connectivity index (χ1) is 10.0. The molecule has 144 valence electrons. The van der Waals surface area contributed by atoms with Gasteiger partial charge in [0, 0.05) is 0 Å². The zero-order valence-electron chi connectivity index (χ0n) is 10.0. The average Bonchev–Trinajstić information content (AvgIpc) is 2.21. The molecule has 0 aromatic rings. The molecule has 17 heteroatoms. The molecule has 0 unspecified atom stereocenters. The van der Waals surface area contributed by atoms with Crippen molar-refractivity contribution in [3.8, 4) is 0 Å². The van der Waals surface area contributed by atoms with Gasteiger partial charge >= 0.3 is 50.8 Å². The first-order valence-electron chi connectivity index (χ1n) is 4.90. The molecule has 1 aliphatic carbocycles. The van der Waals surface area contributed by atoms with E-state index in [2.05, 4.69) is 0 Å². The third-order valence-electron chi connectivity index (χ3n) is 3.23. The van der Waals surface area contributed by atoms with E-state index in [-0.39, 0.29) is 0 Å². The molecular formula is C7F14O2S. The Balaban J connectivity index is 4.31. The second-order valence-electron chi connectivity index (χ2n) is 4.49. The molecule has 0 aromatic heterocycles. The zero-order valence-corrected chi connectivity index (χ0v) is 10.8. The van der Waals surface area contributed by atoms with Crippen LogP contribution in [-0.2, 0) is 10.2 Å². The standard InChI is InChI=1S/C7F14O2S/c8-2(9)1(7(18,19)20,24(21,22)23)3(10,11)5(14,15)6(16,17)4(2,12)13. The molecule has 0 heterocycles. The Morgan fingerprint density at radius 2 is 0.750 bits per heavy atom. The van der Waals surface area contributed by atoms with Crippen molar-refractivity contribution in [1.82, 2.24) is 0 Å². The molecule has 0 saturated heterocycles.